The largest absolute Gasteiger partial charge is 0.476 e. The highest BCUT2D eigenvalue weighted by molar-refractivity contribution is 5.83. The Labute approximate surface area is 158 Å². The van der Waals surface area contributed by atoms with Gasteiger partial charge in [0.2, 0.25) is 12.2 Å². The Morgan fingerprint density at radius 3 is 2.31 bits per heavy atom. The molecule has 1 aromatic carbocycles. The molecule has 1 aromatic rings. The molecule has 0 radical (unpaired) electrons. The van der Waals surface area contributed by atoms with Crippen molar-refractivity contribution in [3.63, 3.8) is 0 Å². The van der Waals surface area contributed by atoms with Gasteiger partial charge in [0, 0.05) is 11.1 Å². The molecule has 2 aliphatic heterocycles. The van der Waals surface area contributed by atoms with E-state index in [4.69, 9.17) is 9.73 Å². The van der Waals surface area contributed by atoms with E-state index in [2.05, 4.69) is 75.6 Å². The number of nitrogens with zero attached hydrogens (tertiary/aromatic N) is 3. The van der Waals surface area contributed by atoms with Crippen LogP contribution < -0.4 is 4.90 Å². The normalized spacial score (nSPS) is 20.2. The van der Waals surface area contributed by atoms with Gasteiger partial charge in [-0.3, -0.25) is 4.58 Å². The second-order valence-electron chi connectivity index (χ2n) is 8.52. The quantitative estimate of drug-likeness (QED) is 0.713. The molecule has 2 aliphatic rings. The van der Waals surface area contributed by atoms with E-state index in [0.717, 1.165) is 32.1 Å². The highest BCUT2D eigenvalue weighted by Crippen LogP contribution is 2.35. The van der Waals surface area contributed by atoms with E-state index in [1.165, 1.54) is 16.8 Å². The molecule has 0 bridgehead atoms. The van der Waals surface area contributed by atoms with Crippen molar-refractivity contribution in [2.75, 3.05) is 31.1 Å². The maximum Gasteiger partial charge on any atom is 0.240 e. The monoisotopic (exact) mass is 356 g/mol. The Balaban J connectivity index is 1.83. The van der Waals surface area contributed by atoms with Crippen LogP contribution >= 0.6 is 0 Å². The van der Waals surface area contributed by atoms with Crippen LogP contribution in [0, 0.1) is 5.92 Å². The minimum Gasteiger partial charge on any atom is -0.476 e. The third kappa shape index (κ3) is 3.94. The molecule has 0 fully saturated rings. The number of hydrogen-bond donors (Lipinski definition) is 0. The van der Waals surface area contributed by atoms with Crippen molar-refractivity contribution < 1.29 is 9.31 Å². The molecule has 0 saturated carbocycles. The standard InChI is InChI=1S/C22H34N3O/c1-15(2)18-8-7-9-19(16(3)4)22(18)25-11-10-24(14-25)12-21-23-20(13-26-21)17(5)6/h7-9,14-17,20H,10-13H2,1-6H3/q+1/t20-/m0/s1. The van der Waals surface area contributed by atoms with Crippen LogP contribution in [0.15, 0.2) is 23.2 Å². The number of para-hydroxylation sites is 1. The molecule has 0 spiro atoms. The first-order valence-corrected chi connectivity index (χ1v) is 10.0. The maximum absolute atomic E-state index is 5.82. The number of rotatable bonds is 6. The lowest BCUT2D eigenvalue weighted by molar-refractivity contribution is -0.499. The molecule has 0 aromatic heterocycles. The van der Waals surface area contributed by atoms with Crippen molar-refractivity contribution in [1.29, 1.82) is 0 Å². The zero-order chi connectivity index (χ0) is 18.8. The zero-order valence-electron chi connectivity index (χ0n) is 17.2. The van der Waals surface area contributed by atoms with Crippen LogP contribution in [0.1, 0.15) is 64.5 Å². The molecular weight excluding hydrogens is 322 g/mol. The number of benzene rings is 1. The fourth-order valence-electron chi connectivity index (χ4n) is 3.72. The number of hydrogen-bond acceptors (Lipinski definition) is 3. The maximum atomic E-state index is 5.82. The Kier molecular flexibility index (Phi) is 5.69. The van der Waals surface area contributed by atoms with Gasteiger partial charge in [0.15, 0.2) is 6.54 Å². The first kappa shape index (κ1) is 18.9. The lowest BCUT2D eigenvalue weighted by Crippen LogP contribution is -2.22. The third-order valence-electron chi connectivity index (χ3n) is 5.40. The van der Waals surface area contributed by atoms with Gasteiger partial charge in [0.1, 0.15) is 25.4 Å². The molecule has 0 unspecified atom stereocenters. The van der Waals surface area contributed by atoms with Gasteiger partial charge < -0.3 is 4.74 Å². The molecule has 4 nitrogen and oxygen atoms in total. The van der Waals surface area contributed by atoms with Crippen LogP contribution in [0.4, 0.5) is 5.69 Å². The predicted molar refractivity (Wildman–Crippen MR) is 110 cm³/mol. The van der Waals surface area contributed by atoms with Crippen molar-refractivity contribution >= 4 is 17.9 Å². The van der Waals surface area contributed by atoms with E-state index in [0.29, 0.717) is 23.8 Å². The van der Waals surface area contributed by atoms with Crippen molar-refractivity contribution in [1.82, 2.24) is 0 Å². The Bertz CT molecular complexity index is 677. The summed E-state index contributed by atoms with van der Waals surface area (Å²) in [5.74, 6) is 2.46. The molecule has 26 heavy (non-hydrogen) atoms. The molecule has 142 valence electrons. The summed E-state index contributed by atoms with van der Waals surface area (Å²) in [7, 11) is 0. The molecule has 0 N–H and O–H groups in total. The molecule has 4 heteroatoms. The fraction of sp³-hybridized carbons (Fsp3) is 0.636. The Morgan fingerprint density at radius 1 is 1.12 bits per heavy atom. The molecule has 0 aliphatic carbocycles. The molecule has 1 atom stereocenters. The van der Waals surface area contributed by atoms with Crippen LogP contribution in [0.2, 0.25) is 0 Å². The summed E-state index contributed by atoms with van der Waals surface area (Å²) in [5.41, 5.74) is 4.27. The topological polar surface area (TPSA) is 27.8 Å². The van der Waals surface area contributed by atoms with Gasteiger partial charge in [-0.1, -0.05) is 59.7 Å². The van der Waals surface area contributed by atoms with E-state index in [1.807, 2.05) is 0 Å². The average molecular weight is 357 g/mol. The second kappa shape index (κ2) is 7.81. The summed E-state index contributed by atoms with van der Waals surface area (Å²) < 4.78 is 8.16. The highest BCUT2D eigenvalue weighted by Gasteiger charge is 2.30. The van der Waals surface area contributed by atoms with Crippen LogP contribution in [0.25, 0.3) is 0 Å². The predicted octanol–water partition coefficient (Wildman–Crippen LogP) is 4.25. The van der Waals surface area contributed by atoms with Gasteiger partial charge >= 0.3 is 0 Å². The molecule has 3 rings (SSSR count). The van der Waals surface area contributed by atoms with E-state index < -0.39 is 0 Å². The minimum atomic E-state index is 0.318. The van der Waals surface area contributed by atoms with Gasteiger partial charge in [0.25, 0.3) is 0 Å². The number of aliphatic imine (C=N–C) groups is 1. The van der Waals surface area contributed by atoms with E-state index >= 15 is 0 Å². The van der Waals surface area contributed by atoms with E-state index in [-0.39, 0.29) is 0 Å². The molecular formula is C22H34N3O+. The summed E-state index contributed by atoms with van der Waals surface area (Å²) in [6.45, 7) is 17.1. The molecule has 0 amide bonds. The van der Waals surface area contributed by atoms with Gasteiger partial charge in [0.05, 0.1) is 6.04 Å². The zero-order valence-corrected chi connectivity index (χ0v) is 17.2. The smallest absolute Gasteiger partial charge is 0.240 e. The van der Waals surface area contributed by atoms with Crippen molar-refractivity contribution in [3.05, 3.63) is 29.3 Å². The summed E-state index contributed by atoms with van der Waals surface area (Å²) in [6, 6.07) is 7.08. The first-order chi connectivity index (χ1) is 12.4. The minimum absolute atomic E-state index is 0.318. The summed E-state index contributed by atoms with van der Waals surface area (Å²) in [6.07, 6.45) is 2.27. The van der Waals surface area contributed by atoms with E-state index in [9.17, 15) is 0 Å². The fourth-order valence-corrected chi connectivity index (χ4v) is 3.72. The summed E-state index contributed by atoms with van der Waals surface area (Å²) in [5, 5.41) is 0. The SMILES string of the molecule is CC(C)c1cccc(C(C)C)c1N1C=[N+](CC2=N[C@H](C(C)C)CO2)CC1. The van der Waals surface area contributed by atoms with Crippen molar-refractivity contribution in [2.24, 2.45) is 10.9 Å². The summed E-state index contributed by atoms with van der Waals surface area (Å²) in [4.78, 5) is 7.19. The van der Waals surface area contributed by atoms with Gasteiger partial charge in [-0.15, -0.1) is 0 Å². The van der Waals surface area contributed by atoms with Gasteiger partial charge in [-0.2, -0.15) is 0 Å². The number of anilines is 1. The van der Waals surface area contributed by atoms with Gasteiger partial charge in [-0.05, 0) is 17.8 Å². The van der Waals surface area contributed by atoms with Gasteiger partial charge in [-0.25, -0.2) is 9.89 Å². The van der Waals surface area contributed by atoms with Crippen LogP contribution in [-0.2, 0) is 4.74 Å². The van der Waals surface area contributed by atoms with E-state index in [1.54, 1.807) is 0 Å². The summed E-state index contributed by atoms with van der Waals surface area (Å²) >= 11 is 0. The van der Waals surface area contributed by atoms with Crippen LogP contribution in [0.3, 0.4) is 0 Å². The second-order valence-corrected chi connectivity index (χ2v) is 8.52. The Morgan fingerprint density at radius 2 is 1.77 bits per heavy atom. The van der Waals surface area contributed by atoms with Crippen LogP contribution in [0.5, 0.6) is 0 Å². The lowest BCUT2D eigenvalue weighted by Gasteiger charge is -2.20. The van der Waals surface area contributed by atoms with Crippen molar-refractivity contribution in [3.8, 4) is 0 Å². The highest BCUT2D eigenvalue weighted by atomic mass is 16.5. The average Bonchev–Trinajstić information content (AvgIpc) is 3.24. The molecule has 2 heterocycles. The lowest BCUT2D eigenvalue weighted by atomic mass is 9.92. The molecule has 0 saturated heterocycles. The van der Waals surface area contributed by atoms with Crippen LogP contribution in [-0.4, -0.2) is 49.1 Å². The Hall–Kier alpha value is -1.84. The third-order valence-corrected chi connectivity index (χ3v) is 5.40. The van der Waals surface area contributed by atoms with Crippen molar-refractivity contribution in [2.45, 2.75) is 59.4 Å². The number of ether oxygens (including phenoxy) is 1. The first-order valence-electron chi connectivity index (χ1n) is 10.0.